The van der Waals surface area contributed by atoms with Gasteiger partial charge in [-0.3, -0.25) is 14.2 Å². The molecule has 1 heterocycles. The molecule has 1 aromatic heterocycles. The van der Waals surface area contributed by atoms with Gasteiger partial charge in [0.1, 0.15) is 6.04 Å². The minimum absolute atomic E-state index is 0.273. The zero-order valence-corrected chi connectivity index (χ0v) is 17.7. The van der Waals surface area contributed by atoms with E-state index in [2.05, 4.69) is 5.32 Å². The molecule has 3 rings (SSSR count). The molecule has 0 aliphatic heterocycles. The first-order chi connectivity index (χ1) is 13.7. The highest BCUT2D eigenvalue weighted by Gasteiger charge is 2.23. The van der Waals surface area contributed by atoms with Crippen molar-refractivity contribution in [2.24, 2.45) is 5.92 Å². The summed E-state index contributed by atoms with van der Waals surface area (Å²) >= 11 is 6.14. The Kier molecular flexibility index (Phi) is 5.94. The topological polar surface area (TPSA) is 73.1 Å². The van der Waals surface area contributed by atoms with Crippen molar-refractivity contribution in [2.75, 3.05) is 6.54 Å². The fourth-order valence-electron chi connectivity index (χ4n) is 3.24. The number of hydrogen-bond donors (Lipinski definition) is 1. The number of fused-ring (bicyclic) bond motifs is 1. The van der Waals surface area contributed by atoms with Gasteiger partial charge in [0.25, 0.3) is 5.56 Å². The van der Waals surface area contributed by atoms with Crippen LogP contribution in [0.4, 0.5) is 0 Å². The SMILES string of the molecule is Cc1cccc(-n2c(=O)c3ccc(Cl)cc3n([C@@H](C)C(=O)NCC(C)C)c2=O)c1. The molecule has 0 radical (unpaired) electrons. The number of aromatic nitrogens is 2. The highest BCUT2D eigenvalue weighted by Crippen LogP contribution is 2.19. The number of carbonyl (C=O) groups is 1. The van der Waals surface area contributed by atoms with Crippen LogP contribution in [0.5, 0.6) is 0 Å². The second kappa shape index (κ2) is 8.25. The molecule has 3 aromatic rings. The maximum absolute atomic E-state index is 13.4. The highest BCUT2D eigenvalue weighted by atomic mass is 35.5. The maximum Gasteiger partial charge on any atom is 0.336 e. The van der Waals surface area contributed by atoms with Crippen LogP contribution in [0.15, 0.2) is 52.1 Å². The standard InChI is InChI=1S/C22H24ClN3O3/c1-13(2)12-24-20(27)15(4)25-19-11-16(23)8-9-18(19)21(28)26(22(25)29)17-7-5-6-14(3)10-17/h5-11,13,15H,12H2,1-4H3,(H,24,27)/t15-/m0/s1. The average molecular weight is 414 g/mol. The van der Waals surface area contributed by atoms with Crippen molar-refractivity contribution in [3.8, 4) is 5.69 Å². The average Bonchev–Trinajstić information content (AvgIpc) is 2.66. The van der Waals surface area contributed by atoms with E-state index in [1.165, 1.54) is 4.57 Å². The van der Waals surface area contributed by atoms with Crippen LogP contribution in [0, 0.1) is 12.8 Å². The van der Waals surface area contributed by atoms with E-state index in [4.69, 9.17) is 11.6 Å². The zero-order chi connectivity index (χ0) is 21.3. The molecule has 0 aliphatic carbocycles. The Bertz CT molecular complexity index is 1190. The summed E-state index contributed by atoms with van der Waals surface area (Å²) in [6, 6.07) is 11.0. The Morgan fingerprint density at radius 1 is 1.10 bits per heavy atom. The van der Waals surface area contributed by atoms with E-state index in [1.807, 2.05) is 26.8 Å². The molecule has 0 fully saturated rings. The Morgan fingerprint density at radius 2 is 1.83 bits per heavy atom. The number of hydrogen-bond acceptors (Lipinski definition) is 3. The van der Waals surface area contributed by atoms with E-state index < -0.39 is 17.3 Å². The number of amides is 1. The molecule has 6 nitrogen and oxygen atoms in total. The molecule has 0 saturated carbocycles. The van der Waals surface area contributed by atoms with E-state index in [0.29, 0.717) is 28.2 Å². The lowest BCUT2D eigenvalue weighted by molar-refractivity contribution is -0.124. The van der Waals surface area contributed by atoms with Crippen molar-refractivity contribution in [1.29, 1.82) is 0 Å². The van der Waals surface area contributed by atoms with E-state index in [9.17, 15) is 14.4 Å². The smallest absolute Gasteiger partial charge is 0.336 e. The van der Waals surface area contributed by atoms with Gasteiger partial charge >= 0.3 is 5.69 Å². The first-order valence-electron chi connectivity index (χ1n) is 9.52. The monoisotopic (exact) mass is 413 g/mol. The van der Waals surface area contributed by atoms with Crippen LogP contribution in [-0.2, 0) is 4.79 Å². The quantitative estimate of drug-likeness (QED) is 0.696. The highest BCUT2D eigenvalue weighted by molar-refractivity contribution is 6.31. The summed E-state index contributed by atoms with van der Waals surface area (Å²) in [5.41, 5.74) is 0.684. The number of halogens is 1. The summed E-state index contributed by atoms with van der Waals surface area (Å²) in [7, 11) is 0. The third-order valence-corrected chi connectivity index (χ3v) is 5.00. The summed E-state index contributed by atoms with van der Waals surface area (Å²) in [5, 5.41) is 3.55. The molecular formula is C22H24ClN3O3. The lowest BCUT2D eigenvalue weighted by Gasteiger charge is -2.20. The second-order valence-corrected chi connectivity index (χ2v) is 8.05. The Morgan fingerprint density at radius 3 is 2.48 bits per heavy atom. The molecule has 0 aliphatic rings. The lowest BCUT2D eigenvalue weighted by atomic mass is 10.1. The Balaban J connectivity index is 2.30. The lowest BCUT2D eigenvalue weighted by Crippen LogP contribution is -2.44. The van der Waals surface area contributed by atoms with Gasteiger partial charge in [-0.2, -0.15) is 0 Å². The molecular weight excluding hydrogens is 390 g/mol. The number of carbonyl (C=O) groups excluding carboxylic acids is 1. The molecule has 1 atom stereocenters. The van der Waals surface area contributed by atoms with Gasteiger partial charge in [0.2, 0.25) is 5.91 Å². The predicted octanol–water partition coefficient (Wildman–Crippen LogP) is 3.45. The van der Waals surface area contributed by atoms with Crippen LogP contribution >= 0.6 is 11.6 Å². The molecule has 1 amide bonds. The zero-order valence-electron chi connectivity index (χ0n) is 16.9. The molecule has 1 N–H and O–H groups in total. The number of nitrogens with zero attached hydrogens (tertiary/aromatic N) is 2. The second-order valence-electron chi connectivity index (χ2n) is 7.61. The molecule has 0 bridgehead atoms. The van der Waals surface area contributed by atoms with E-state index in [0.717, 1.165) is 10.1 Å². The van der Waals surface area contributed by atoms with Crippen LogP contribution in [0.1, 0.15) is 32.4 Å². The van der Waals surface area contributed by atoms with E-state index in [-0.39, 0.29) is 11.8 Å². The first kappa shape index (κ1) is 20.9. The summed E-state index contributed by atoms with van der Waals surface area (Å²) < 4.78 is 2.44. The van der Waals surface area contributed by atoms with Crippen LogP contribution in [0.25, 0.3) is 16.6 Å². The fraction of sp³-hybridized carbons (Fsp3) is 0.318. The van der Waals surface area contributed by atoms with Crippen molar-refractivity contribution in [3.05, 3.63) is 73.9 Å². The van der Waals surface area contributed by atoms with E-state index >= 15 is 0 Å². The van der Waals surface area contributed by atoms with Gasteiger partial charge in [-0.1, -0.05) is 37.6 Å². The molecule has 29 heavy (non-hydrogen) atoms. The van der Waals surface area contributed by atoms with Gasteiger partial charge in [-0.05, 0) is 55.7 Å². The van der Waals surface area contributed by atoms with Crippen LogP contribution in [0.2, 0.25) is 5.02 Å². The van der Waals surface area contributed by atoms with Crippen LogP contribution < -0.4 is 16.6 Å². The van der Waals surface area contributed by atoms with Crippen LogP contribution in [-0.4, -0.2) is 21.6 Å². The molecule has 0 spiro atoms. The minimum atomic E-state index is -0.820. The molecule has 0 unspecified atom stereocenters. The fourth-order valence-corrected chi connectivity index (χ4v) is 3.41. The molecule has 2 aromatic carbocycles. The Hall–Kier alpha value is -2.86. The van der Waals surface area contributed by atoms with Crippen molar-refractivity contribution in [3.63, 3.8) is 0 Å². The largest absolute Gasteiger partial charge is 0.354 e. The van der Waals surface area contributed by atoms with Gasteiger partial charge < -0.3 is 5.32 Å². The minimum Gasteiger partial charge on any atom is -0.354 e. The summed E-state index contributed by atoms with van der Waals surface area (Å²) in [6.45, 7) is 8.00. The number of rotatable bonds is 5. The van der Waals surface area contributed by atoms with E-state index in [1.54, 1.807) is 43.3 Å². The van der Waals surface area contributed by atoms with Crippen LogP contribution in [0.3, 0.4) is 0 Å². The number of aryl methyl sites for hydroxylation is 1. The van der Waals surface area contributed by atoms with Crippen molar-refractivity contribution >= 4 is 28.4 Å². The molecule has 152 valence electrons. The summed E-state index contributed by atoms with van der Waals surface area (Å²) in [6.07, 6.45) is 0. The maximum atomic E-state index is 13.4. The molecule has 0 saturated heterocycles. The van der Waals surface area contributed by atoms with Crippen molar-refractivity contribution in [2.45, 2.75) is 33.7 Å². The molecule has 7 heteroatoms. The third-order valence-electron chi connectivity index (χ3n) is 4.76. The normalized spacial score (nSPS) is 12.3. The number of benzene rings is 2. The Labute approximate surface area is 173 Å². The van der Waals surface area contributed by atoms with Crippen molar-refractivity contribution in [1.82, 2.24) is 14.5 Å². The summed E-state index contributed by atoms with van der Waals surface area (Å²) in [5.74, 6) is -0.0215. The van der Waals surface area contributed by atoms with Gasteiger partial charge in [-0.25, -0.2) is 9.36 Å². The summed E-state index contributed by atoms with van der Waals surface area (Å²) in [4.78, 5) is 39.3. The predicted molar refractivity (Wildman–Crippen MR) is 116 cm³/mol. The first-order valence-corrected chi connectivity index (χ1v) is 9.90. The van der Waals surface area contributed by atoms with Gasteiger partial charge in [-0.15, -0.1) is 0 Å². The van der Waals surface area contributed by atoms with Gasteiger partial charge in [0, 0.05) is 11.6 Å². The van der Waals surface area contributed by atoms with Gasteiger partial charge in [0.05, 0.1) is 16.6 Å². The third kappa shape index (κ3) is 4.12. The number of nitrogens with one attached hydrogen (secondary N) is 1. The van der Waals surface area contributed by atoms with Crippen molar-refractivity contribution < 1.29 is 4.79 Å². The van der Waals surface area contributed by atoms with Gasteiger partial charge in [0.15, 0.2) is 0 Å².